The molecule has 9 heteroatoms. The fourth-order valence-electron chi connectivity index (χ4n) is 2.13. The van der Waals surface area contributed by atoms with Crippen LogP contribution in [0.3, 0.4) is 0 Å². The number of benzene rings is 2. The number of nitrogens with two attached hydrogens (primary N) is 1. The highest BCUT2D eigenvalue weighted by molar-refractivity contribution is 7.92. The lowest BCUT2D eigenvalue weighted by Gasteiger charge is -2.22. The van der Waals surface area contributed by atoms with Gasteiger partial charge in [-0.05, 0) is 36.4 Å². The molecule has 2 rings (SSSR count). The zero-order valence-electron chi connectivity index (χ0n) is 13.3. The van der Waals surface area contributed by atoms with Crippen LogP contribution < -0.4 is 15.4 Å². The number of sulfonamides is 1. The predicted molar refractivity (Wildman–Crippen MR) is 97.2 cm³/mol. The van der Waals surface area contributed by atoms with E-state index >= 15 is 0 Å². The Bertz CT molecular complexity index is 898. The van der Waals surface area contributed by atoms with E-state index in [1.165, 1.54) is 36.4 Å². The molecular formula is C16H16ClN3O4S. The topological polar surface area (TPSA) is 110 Å². The predicted octanol–water partition coefficient (Wildman–Crippen LogP) is 1.84. The first-order chi connectivity index (χ1) is 11.7. The second-order valence-corrected chi connectivity index (χ2v) is 7.55. The lowest BCUT2D eigenvalue weighted by Crippen LogP contribution is -2.37. The fourth-order valence-corrected chi connectivity index (χ4v) is 3.12. The third-order valence-electron chi connectivity index (χ3n) is 3.27. The highest BCUT2D eigenvalue weighted by Gasteiger charge is 2.21. The molecule has 25 heavy (non-hydrogen) atoms. The summed E-state index contributed by atoms with van der Waals surface area (Å²) in [5.41, 5.74) is 5.90. The second kappa shape index (κ2) is 7.54. The summed E-state index contributed by atoms with van der Waals surface area (Å²) in [6, 6.07) is 12.2. The Morgan fingerprint density at radius 3 is 2.28 bits per heavy atom. The van der Waals surface area contributed by atoms with Crippen molar-refractivity contribution in [3.05, 3.63) is 59.1 Å². The maximum atomic E-state index is 12.3. The van der Waals surface area contributed by atoms with Gasteiger partial charge in [0.2, 0.25) is 15.9 Å². The largest absolute Gasteiger partial charge is 0.366 e. The molecular weight excluding hydrogens is 366 g/mol. The monoisotopic (exact) mass is 381 g/mol. The molecule has 0 saturated carbocycles. The molecule has 0 fully saturated rings. The third-order valence-corrected chi connectivity index (χ3v) is 4.66. The number of hydrogen-bond acceptors (Lipinski definition) is 4. The van der Waals surface area contributed by atoms with Crippen LogP contribution in [0.2, 0.25) is 5.02 Å². The van der Waals surface area contributed by atoms with Crippen molar-refractivity contribution < 1.29 is 18.0 Å². The molecule has 132 valence electrons. The van der Waals surface area contributed by atoms with Crippen molar-refractivity contribution >= 4 is 44.8 Å². The number of carbonyl (C=O) groups excluding carboxylic acids is 2. The van der Waals surface area contributed by atoms with E-state index in [1.54, 1.807) is 12.1 Å². The van der Waals surface area contributed by atoms with Gasteiger partial charge in [-0.1, -0.05) is 23.7 Å². The molecule has 7 nitrogen and oxygen atoms in total. The minimum atomic E-state index is -3.71. The zero-order valence-corrected chi connectivity index (χ0v) is 14.8. The van der Waals surface area contributed by atoms with E-state index in [2.05, 4.69) is 5.32 Å². The molecule has 0 spiro atoms. The smallest absolute Gasteiger partial charge is 0.250 e. The second-order valence-electron chi connectivity index (χ2n) is 5.20. The van der Waals surface area contributed by atoms with E-state index < -0.39 is 28.4 Å². The number of amides is 2. The molecule has 3 N–H and O–H groups in total. The molecule has 0 aliphatic carbocycles. The summed E-state index contributed by atoms with van der Waals surface area (Å²) in [4.78, 5) is 23.7. The minimum absolute atomic E-state index is 0.133. The van der Waals surface area contributed by atoms with Crippen LogP contribution in [0.15, 0.2) is 48.5 Å². The van der Waals surface area contributed by atoms with Crippen molar-refractivity contribution in [1.82, 2.24) is 0 Å². The van der Waals surface area contributed by atoms with Crippen molar-refractivity contribution in [1.29, 1.82) is 0 Å². The molecule has 0 unspecified atom stereocenters. The number of primary amides is 1. The van der Waals surface area contributed by atoms with Gasteiger partial charge in [0.1, 0.15) is 6.54 Å². The number of hydrogen-bond donors (Lipinski definition) is 2. The summed E-state index contributed by atoms with van der Waals surface area (Å²) < 4.78 is 25.0. The number of halogens is 1. The Morgan fingerprint density at radius 2 is 1.72 bits per heavy atom. The standard InChI is InChI=1S/C16H16ClN3O4S/c1-25(23,24)20(12-8-6-11(17)7-9-12)10-15(21)19-14-5-3-2-4-13(14)16(18)22/h2-9H,10H2,1H3,(H2,18,22)(H,19,21). The summed E-state index contributed by atoms with van der Waals surface area (Å²) in [6.45, 7) is -0.465. The van der Waals surface area contributed by atoms with Gasteiger partial charge in [0.15, 0.2) is 0 Å². The molecule has 0 heterocycles. The summed E-state index contributed by atoms with van der Waals surface area (Å²) in [5, 5.41) is 2.95. The highest BCUT2D eigenvalue weighted by atomic mass is 35.5. The average molecular weight is 382 g/mol. The Balaban J connectivity index is 2.24. The van der Waals surface area contributed by atoms with Gasteiger partial charge in [0.25, 0.3) is 5.91 Å². The molecule has 2 aromatic rings. The number of rotatable bonds is 6. The van der Waals surface area contributed by atoms with Crippen LogP contribution in [0.25, 0.3) is 0 Å². The normalized spacial score (nSPS) is 11.0. The van der Waals surface area contributed by atoms with Gasteiger partial charge in [0, 0.05) is 5.02 Å². The number of para-hydroxylation sites is 1. The van der Waals surface area contributed by atoms with Gasteiger partial charge < -0.3 is 11.1 Å². The molecule has 0 saturated heterocycles. The zero-order chi connectivity index (χ0) is 18.6. The summed E-state index contributed by atoms with van der Waals surface area (Å²) >= 11 is 5.80. The summed E-state index contributed by atoms with van der Waals surface area (Å²) in [6.07, 6.45) is 0.992. The maximum absolute atomic E-state index is 12.3. The van der Waals surface area contributed by atoms with Gasteiger partial charge in [-0.25, -0.2) is 8.42 Å². The average Bonchev–Trinajstić information content (AvgIpc) is 2.53. The van der Waals surface area contributed by atoms with Gasteiger partial charge in [-0.2, -0.15) is 0 Å². The first-order valence-electron chi connectivity index (χ1n) is 7.10. The van der Waals surface area contributed by atoms with Crippen LogP contribution in [-0.2, 0) is 14.8 Å². The van der Waals surface area contributed by atoms with E-state index in [-0.39, 0.29) is 11.3 Å². The van der Waals surface area contributed by atoms with Crippen LogP contribution in [0.5, 0.6) is 0 Å². The van der Waals surface area contributed by atoms with Crippen LogP contribution >= 0.6 is 11.6 Å². The molecule has 0 aliphatic heterocycles. The maximum Gasteiger partial charge on any atom is 0.250 e. The Hall–Kier alpha value is -2.58. The van der Waals surface area contributed by atoms with Crippen molar-refractivity contribution in [2.75, 3.05) is 22.4 Å². The van der Waals surface area contributed by atoms with Crippen LogP contribution in [0, 0.1) is 0 Å². The molecule has 0 bridgehead atoms. The summed E-state index contributed by atoms with van der Waals surface area (Å²) in [7, 11) is -3.71. The summed E-state index contributed by atoms with van der Waals surface area (Å²) in [5.74, 6) is -1.32. The number of carbonyl (C=O) groups is 2. The third kappa shape index (κ3) is 4.94. The lowest BCUT2D eigenvalue weighted by atomic mass is 10.1. The van der Waals surface area contributed by atoms with Crippen molar-refractivity contribution in [3.63, 3.8) is 0 Å². The molecule has 2 aromatic carbocycles. The van der Waals surface area contributed by atoms with Crippen molar-refractivity contribution in [3.8, 4) is 0 Å². The van der Waals surface area contributed by atoms with Crippen LogP contribution in [0.4, 0.5) is 11.4 Å². The van der Waals surface area contributed by atoms with E-state index in [0.717, 1.165) is 10.6 Å². The van der Waals surface area contributed by atoms with E-state index in [1.807, 2.05) is 0 Å². The quantitative estimate of drug-likeness (QED) is 0.795. The van der Waals surface area contributed by atoms with E-state index in [9.17, 15) is 18.0 Å². The highest BCUT2D eigenvalue weighted by Crippen LogP contribution is 2.21. The first-order valence-corrected chi connectivity index (χ1v) is 9.33. The molecule has 2 amide bonds. The molecule has 0 radical (unpaired) electrons. The Kier molecular flexibility index (Phi) is 5.66. The van der Waals surface area contributed by atoms with Crippen LogP contribution in [0.1, 0.15) is 10.4 Å². The molecule has 0 aromatic heterocycles. The van der Waals surface area contributed by atoms with Crippen molar-refractivity contribution in [2.24, 2.45) is 5.73 Å². The lowest BCUT2D eigenvalue weighted by molar-refractivity contribution is -0.114. The number of nitrogens with zero attached hydrogens (tertiary/aromatic N) is 1. The van der Waals surface area contributed by atoms with Gasteiger partial charge in [0.05, 0.1) is 23.2 Å². The van der Waals surface area contributed by atoms with Gasteiger partial charge in [-0.15, -0.1) is 0 Å². The first kappa shape index (κ1) is 18.8. The number of anilines is 2. The van der Waals surface area contributed by atoms with E-state index in [0.29, 0.717) is 10.7 Å². The minimum Gasteiger partial charge on any atom is -0.366 e. The van der Waals surface area contributed by atoms with E-state index in [4.69, 9.17) is 17.3 Å². The molecule has 0 atom stereocenters. The van der Waals surface area contributed by atoms with Crippen molar-refractivity contribution in [2.45, 2.75) is 0 Å². The number of nitrogens with one attached hydrogen (secondary N) is 1. The Morgan fingerprint density at radius 1 is 1.12 bits per heavy atom. The Labute approximate surface area is 150 Å². The van der Waals surface area contributed by atoms with Gasteiger partial charge in [-0.3, -0.25) is 13.9 Å². The molecule has 0 aliphatic rings. The van der Waals surface area contributed by atoms with Crippen LogP contribution in [-0.4, -0.2) is 33.0 Å². The SMILES string of the molecule is CS(=O)(=O)N(CC(=O)Nc1ccccc1C(N)=O)c1ccc(Cl)cc1. The van der Waals surface area contributed by atoms with Gasteiger partial charge >= 0.3 is 0 Å². The fraction of sp³-hybridized carbons (Fsp3) is 0.125.